The van der Waals surface area contributed by atoms with Gasteiger partial charge >= 0.3 is 0 Å². The van der Waals surface area contributed by atoms with Gasteiger partial charge in [-0.1, -0.05) is 106 Å². The van der Waals surface area contributed by atoms with Crippen LogP contribution in [0.15, 0.2) is 0 Å². The molecular weight excluding hydrogens is 348 g/mol. The van der Waals surface area contributed by atoms with Gasteiger partial charge in [0.2, 0.25) is 5.79 Å². The molecule has 0 aromatic rings. The Morgan fingerprint density at radius 1 is 0.679 bits per heavy atom. The third-order valence-electron chi connectivity index (χ3n) is 6.31. The van der Waals surface area contributed by atoms with Crippen molar-refractivity contribution >= 4 is 5.78 Å². The highest BCUT2D eigenvalue weighted by Gasteiger charge is 2.29. The molecule has 0 bridgehead atoms. The summed E-state index contributed by atoms with van der Waals surface area (Å²) in [6.45, 7) is 13.3. The Balaban J connectivity index is 3.69. The quantitative estimate of drug-likeness (QED) is 0.247. The lowest BCUT2D eigenvalue weighted by Gasteiger charge is -2.19. The number of carbonyl (C=O) groups excluding carboxylic acids is 1. The van der Waals surface area contributed by atoms with Crippen molar-refractivity contribution in [3.8, 4) is 0 Å². The summed E-state index contributed by atoms with van der Waals surface area (Å²) in [5.41, 5.74) is 0. The molecule has 0 fully saturated rings. The second kappa shape index (κ2) is 15.4. The number of hydrogen-bond acceptors (Lipinski definition) is 3. The fourth-order valence-corrected chi connectivity index (χ4v) is 3.95. The molecule has 0 aliphatic heterocycles. The average Bonchev–Trinajstić information content (AvgIpc) is 2.61. The monoisotopic (exact) mass is 398 g/mol. The molecule has 0 heterocycles. The molecule has 0 saturated carbocycles. The van der Waals surface area contributed by atoms with Crippen molar-refractivity contribution in [1.29, 1.82) is 0 Å². The molecule has 0 spiro atoms. The number of carbonyl (C=O) groups is 1. The first-order valence-electron chi connectivity index (χ1n) is 12.1. The fraction of sp³-hybridized carbons (Fsp3) is 0.960. The van der Waals surface area contributed by atoms with E-state index in [9.17, 15) is 15.0 Å². The minimum absolute atomic E-state index is 0.0655. The van der Waals surface area contributed by atoms with E-state index in [-0.39, 0.29) is 12.8 Å². The molecule has 0 aliphatic rings. The predicted molar refractivity (Wildman–Crippen MR) is 120 cm³/mol. The van der Waals surface area contributed by atoms with Crippen LogP contribution in [0.1, 0.15) is 125 Å². The number of hydrogen-bond donors (Lipinski definition) is 2. The molecule has 0 amide bonds. The lowest BCUT2D eigenvalue weighted by molar-refractivity contribution is -0.183. The first-order chi connectivity index (χ1) is 13.1. The summed E-state index contributed by atoms with van der Waals surface area (Å²) in [5.74, 6) is 0.571. The minimum atomic E-state index is -2.12. The van der Waals surface area contributed by atoms with Gasteiger partial charge in [-0.05, 0) is 30.1 Å². The second-order valence-electron chi connectivity index (χ2n) is 9.99. The number of aliphatic hydroxyl groups is 2. The molecule has 3 unspecified atom stereocenters. The van der Waals surface area contributed by atoms with Crippen LogP contribution in [-0.4, -0.2) is 21.8 Å². The summed E-state index contributed by atoms with van der Waals surface area (Å²) in [4.78, 5) is 11.7. The molecule has 3 heteroatoms. The van der Waals surface area contributed by atoms with Gasteiger partial charge in [-0.15, -0.1) is 0 Å². The summed E-state index contributed by atoms with van der Waals surface area (Å²) in [7, 11) is 0. The molecule has 0 aromatic heterocycles. The van der Waals surface area contributed by atoms with E-state index in [1.807, 2.05) is 0 Å². The first kappa shape index (κ1) is 27.6. The highest BCUT2D eigenvalue weighted by Crippen LogP contribution is 2.23. The summed E-state index contributed by atoms with van der Waals surface area (Å²) >= 11 is 0. The van der Waals surface area contributed by atoms with E-state index in [2.05, 4.69) is 34.6 Å². The molecule has 3 nitrogen and oxygen atoms in total. The van der Waals surface area contributed by atoms with Crippen LogP contribution in [0.4, 0.5) is 0 Å². The summed E-state index contributed by atoms with van der Waals surface area (Å²) < 4.78 is 0. The van der Waals surface area contributed by atoms with Crippen molar-refractivity contribution in [3.63, 3.8) is 0 Å². The third kappa shape index (κ3) is 14.6. The van der Waals surface area contributed by atoms with Gasteiger partial charge < -0.3 is 10.2 Å². The van der Waals surface area contributed by atoms with Crippen LogP contribution in [0.2, 0.25) is 0 Å². The lowest BCUT2D eigenvalue weighted by Crippen LogP contribution is -2.37. The van der Waals surface area contributed by atoms with Gasteiger partial charge in [0.1, 0.15) is 0 Å². The van der Waals surface area contributed by atoms with Crippen LogP contribution in [0, 0.1) is 23.7 Å². The Hall–Kier alpha value is -0.410. The molecule has 2 N–H and O–H groups in total. The average molecular weight is 399 g/mol. The number of rotatable bonds is 18. The van der Waals surface area contributed by atoms with Crippen molar-refractivity contribution in [2.24, 2.45) is 23.7 Å². The van der Waals surface area contributed by atoms with E-state index < -0.39 is 11.6 Å². The van der Waals surface area contributed by atoms with Gasteiger partial charge in [-0.3, -0.25) is 4.79 Å². The zero-order valence-electron chi connectivity index (χ0n) is 19.8. The first-order valence-corrected chi connectivity index (χ1v) is 12.1. The number of Topliss-reactive ketones (excluding diaryl/α,β-unsaturated/α-hetero) is 1. The zero-order chi connectivity index (χ0) is 21.6. The molecule has 0 radical (unpaired) electrons. The molecule has 28 heavy (non-hydrogen) atoms. The van der Waals surface area contributed by atoms with Crippen LogP contribution in [0.3, 0.4) is 0 Å². The fourth-order valence-electron chi connectivity index (χ4n) is 3.95. The Kier molecular flexibility index (Phi) is 15.2. The van der Waals surface area contributed by atoms with E-state index in [0.29, 0.717) is 5.92 Å². The van der Waals surface area contributed by atoms with E-state index in [4.69, 9.17) is 0 Å². The molecule has 0 aliphatic carbocycles. The molecule has 0 rings (SSSR count). The van der Waals surface area contributed by atoms with Crippen molar-refractivity contribution in [1.82, 2.24) is 0 Å². The van der Waals surface area contributed by atoms with Crippen LogP contribution in [-0.2, 0) is 4.79 Å². The van der Waals surface area contributed by atoms with Crippen molar-refractivity contribution in [3.05, 3.63) is 0 Å². The van der Waals surface area contributed by atoms with E-state index in [0.717, 1.165) is 30.6 Å². The summed E-state index contributed by atoms with van der Waals surface area (Å²) in [6, 6.07) is 0. The maximum atomic E-state index is 11.7. The smallest absolute Gasteiger partial charge is 0.223 e. The zero-order valence-corrected chi connectivity index (χ0v) is 19.8. The Morgan fingerprint density at radius 2 is 1.04 bits per heavy atom. The predicted octanol–water partition coefficient (Wildman–Crippen LogP) is 6.89. The van der Waals surface area contributed by atoms with Crippen molar-refractivity contribution < 1.29 is 15.0 Å². The molecular formula is C25H50O3. The van der Waals surface area contributed by atoms with Gasteiger partial charge in [0.05, 0.1) is 0 Å². The van der Waals surface area contributed by atoms with E-state index >= 15 is 0 Å². The highest BCUT2D eigenvalue weighted by atomic mass is 16.5. The molecule has 0 aromatic carbocycles. The Morgan fingerprint density at radius 3 is 1.39 bits per heavy atom. The maximum Gasteiger partial charge on any atom is 0.223 e. The summed E-state index contributed by atoms with van der Waals surface area (Å²) in [6.07, 6.45) is 14.1. The van der Waals surface area contributed by atoms with Gasteiger partial charge in [-0.25, -0.2) is 0 Å². The normalized spacial score (nSPS) is 15.6. The topological polar surface area (TPSA) is 57.5 Å². The molecule has 3 atom stereocenters. The van der Waals surface area contributed by atoms with Gasteiger partial charge in [0, 0.05) is 12.8 Å². The van der Waals surface area contributed by atoms with Crippen LogP contribution in [0.5, 0.6) is 0 Å². The van der Waals surface area contributed by atoms with Gasteiger partial charge in [0.15, 0.2) is 5.78 Å². The van der Waals surface area contributed by atoms with E-state index in [1.54, 1.807) is 6.92 Å². The second-order valence-corrected chi connectivity index (χ2v) is 9.99. The Labute approximate surface area is 175 Å². The SMILES string of the molecule is CCC(O)(O)C(=O)CCCC(C)CCCC(C)CCCC(C)CCCC(C)C. The standard InChI is InChI=1S/C25H50O3/c1-7-25(27,28)24(26)19-11-18-23(6)17-10-16-22(5)15-9-14-21(4)13-8-12-20(2)3/h20-23,27-28H,7-19H2,1-6H3. The maximum absolute atomic E-state index is 11.7. The van der Waals surface area contributed by atoms with Gasteiger partial charge in [-0.2, -0.15) is 0 Å². The third-order valence-corrected chi connectivity index (χ3v) is 6.31. The van der Waals surface area contributed by atoms with Gasteiger partial charge in [0.25, 0.3) is 0 Å². The Bertz CT molecular complexity index is 389. The highest BCUT2D eigenvalue weighted by molar-refractivity contribution is 5.85. The van der Waals surface area contributed by atoms with Crippen LogP contribution < -0.4 is 0 Å². The van der Waals surface area contributed by atoms with E-state index in [1.165, 1.54) is 57.8 Å². The lowest BCUT2D eigenvalue weighted by atomic mass is 9.90. The number of ketones is 1. The van der Waals surface area contributed by atoms with Crippen molar-refractivity contribution in [2.75, 3.05) is 0 Å². The molecule has 168 valence electrons. The van der Waals surface area contributed by atoms with Crippen LogP contribution in [0.25, 0.3) is 0 Å². The molecule has 0 saturated heterocycles. The minimum Gasteiger partial charge on any atom is -0.360 e. The van der Waals surface area contributed by atoms with Crippen molar-refractivity contribution in [2.45, 2.75) is 131 Å². The largest absolute Gasteiger partial charge is 0.360 e. The van der Waals surface area contributed by atoms with Crippen LogP contribution >= 0.6 is 0 Å². The summed E-state index contributed by atoms with van der Waals surface area (Å²) in [5, 5.41) is 19.1.